The molecule has 0 radical (unpaired) electrons. The Balaban J connectivity index is 2.58. The fourth-order valence-electron chi connectivity index (χ4n) is 0.956. The normalized spacial score (nSPS) is 12.6. The van der Waals surface area contributed by atoms with Gasteiger partial charge in [-0.05, 0) is 12.1 Å². The fourth-order valence-corrected chi connectivity index (χ4v) is 0.956. The van der Waals surface area contributed by atoms with Crippen LogP contribution in [0.2, 0.25) is 0 Å². The summed E-state index contributed by atoms with van der Waals surface area (Å²) in [6, 6.07) is 2.97. The molecule has 78 valence electrons. The Kier molecular flexibility index (Phi) is 3.79. The van der Waals surface area contributed by atoms with Gasteiger partial charge in [0.15, 0.2) is 0 Å². The largest absolute Gasteiger partial charge is 0.394 e. The number of anilines is 1. The summed E-state index contributed by atoms with van der Waals surface area (Å²) >= 11 is 0. The third-order valence-corrected chi connectivity index (χ3v) is 1.62. The van der Waals surface area contributed by atoms with Crippen LogP contribution in [0.15, 0.2) is 18.2 Å². The summed E-state index contributed by atoms with van der Waals surface area (Å²) in [5.41, 5.74) is 0.231. The van der Waals surface area contributed by atoms with Crippen molar-refractivity contribution in [3.63, 3.8) is 0 Å². The van der Waals surface area contributed by atoms with E-state index >= 15 is 0 Å². The molecular weight excluding hydrogens is 192 g/mol. The Morgan fingerprint density at radius 2 is 1.79 bits per heavy atom. The van der Waals surface area contributed by atoms with Crippen LogP contribution in [0.4, 0.5) is 14.5 Å². The first-order valence-corrected chi connectivity index (χ1v) is 4.10. The Morgan fingerprint density at radius 1 is 1.21 bits per heavy atom. The zero-order valence-electron chi connectivity index (χ0n) is 7.37. The maximum Gasteiger partial charge on any atom is 0.128 e. The second-order valence-electron chi connectivity index (χ2n) is 2.88. The maximum absolute atomic E-state index is 12.6. The molecule has 0 aliphatic rings. The van der Waals surface area contributed by atoms with Crippen molar-refractivity contribution in [2.75, 3.05) is 18.5 Å². The molecule has 1 aromatic carbocycles. The SMILES string of the molecule is OCC(O)CNc1cc(F)cc(F)c1. The van der Waals surface area contributed by atoms with E-state index in [1.807, 2.05) is 0 Å². The van der Waals surface area contributed by atoms with E-state index < -0.39 is 24.3 Å². The smallest absolute Gasteiger partial charge is 0.128 e. The van der Waals surface area contributed by atoms with Crippen molar-refractivity contribution in [3.8, 4) is 0 Å². The number of hydrogen-bond acceptors (Lipinski definition) is 3. The molecule has 3 nitrogen and oxygen atoms in total. The average molecular weight is 203 g/mol. The number of hydrogen-bond donors (Lipinski definition) is 3. The summed E-state index contributed by atoms with van der Waals surface area (Å²) in [5.74, 6) is -1.38. The molecule has 1 unspecified atom stereocenters. The molecule has 0 saturated carbocycles. The van der Waals surface area contributed by atoms with Gasteiger partial charge in [0.05, 0.1) is 12.7 Å². The highest BCUT2D eigenvalue weighted by Crippen LogP contribution is 2.12. The lowest BCUT2D eigenvalue weighted by atomic mass is 10.3. The van der Waals surface area contributed by atoms with Gasteiger partial charge in [0.1, 0.15) is 11.6 Å². The van der Waals surface area contributed by atoms with Crippen LogP contribution in [-0.4, -0.2) is 29.5 Å². The summed E-state index contributed by atoms with van der Waals surface area (Å²) in [4.78, 5) is 0. The molecule has 0 aromatic heterocycles. The van der Waals surface area contributed by atoms with Gasteiger partial charge >= 0.3 is 0 Å². The zero-order valence-corrected chi connectivity index (χ0v) is 7.37. The van der Waals surface area contributed by atoms with Crippen LogP contribution in [0.25, 0.3) is 0 Å². The highest BCUT2D eigenvalue weighted by molar-refractivity contribution is 5.43. The highest BCUT2D eigenvalue weighted by atomic mass is 19.1. The van der Waals surface area contributed by atoms with Crippen LogP contribution < -0.4 is 5.32 Å². The van der Waals surface area contributed by atoms with E-state index in [0.717, 1.165) is 18.2 Å². The molecule has 3 N–H and O–H groups in total. The number of aliphatic hydroxyl groups is 2. The van der Waals surface area contributed by atoms with E-state index in [1.165, 1.54) is 0 Å². The van der Waals surface area contributed by atoms with Crippen LogP contribution in [0.5, 0.6) is 0 Å². The molecule has 0 bridgehead atoms. The Bertz CT molecular complexity index is 287. The summed E-state index contributed by atoms with van der Waals surface area (Å²) in [7, 11) is 0. The topological polar surface area (TPSA) is 52.5 Å². The number of halogens is 2. The molecule has 5 heteroatoms. The van der Waals surface area contributed by atoms with E-state index in [0.29, 0.717) is 0 Å². The number of aliphatic hydroxyl groups excluding tert-OH is 2. The monoisotopic (exact) mass is 203 g/mol. The summed E-state index contributed by atoms with van der Waals surface area (Å²) in [6.07, 6.45) is -0.943. The van der Waals surface area contributed by atoms with Gasteiger partial charge in [-0.1, -0.05) is 0 Å². The zero-order chi connectivity index (χ0) is 10.6. The predicted molar refractivity (Wildman–Crippen MR) is 47.9 cm³/mol. The van der Waals surface area contributed by atoms with Crippen LogP contribution in [0, 0.1) is 11.6 Å². The molecule has 0 aliphatic carbocycles. The molecule has 14 heavy (non-hydrogen) atoms. The standard InChI is InChI=1S/C9H11F2NO2/c10-6-1-7(11)3-8(2-6)12-4-9(14)5-13/h1-3,9,12-14H,4-5H2. The summed E-state index contributed by atoms with van der Waals surface area (Å²) in [5, 5.41) is 20.0. The third kappa shape index (κ3) is 3.27. The van der Waals surface area contributed by atoms with Gasteiger partial charge in [0, 0.05) is 18.3 Å². The number of nitrogens with one attached hydrogen (secondary N) is 1. The van der Waals surface area contributed by atoms with Crippen molar-refractivity contribution < 1.29 is 19.0 Å². The van der Waals surface area contributed by atoms with Crippen LogP contribution in [-0.2, 0) is 0 Å². The lowest BCUT2D eigenvalue weighted by molar-refractivity contribution is 0.105. The molecule has 1 rings (SSSR count). The quantitative estimate of drug-likeness (QED) is 0.676. The first-order valence-electron chi connectivity index (χ1n) is 4.10. The summed E-state index contributed by atoms with van der Waals surface area (Å²) in [6.45, 7) is -0.357. The molecule has 0 saturated heterocycles. The van der Waals surface area contributed by atoms with Gasteiger partial charge in [-0.25, -0.2) is 8.78 Å². The minimum atomic E-state index is -0.943. The van der Waals surface area contributed by atoms with Crippen molar-refractivity contribution >= 4 is 5.69 Å². The fraction of sp³-hybridized carbons (Fsp3) is 0.333. The molecule has 0 spiro atoms. The maximum atomic E-state index is 12.6. The molecule has 1 aromatic rings. The molecule has 1 atom stereocenters. The van der Waals surface area contributed by atoms with Crippen LogP contribution >= 0.6 is 0 Å². The van der Waals surface area contributed by atoms with E-state index in [2.05, 4.69) is 5.32 Å². The third-order valence-electron chi connectivity index (χ3n) is 1.62. The van der Waals surface area contributed by atoms with E-state index in [4.69, 9.17) is 10.2 Å². The summed E-state index contributed by atoms with van der Waals surface area (Å²) < 4.78 is 25.3. The van der Waals surface area contributed by atoms with Crippen molar-refractivity contribution in [1.29, 1.82) is 0 Å². The Labute approximate surface area is 80.0 Å². The lowest BCUT2D eigenvalue weighted by Crippen LogP contribution is -2.22. The van der Waals surface area contributed by atoms with Crippen molar-refractivity contribution in [1.82, 2.24) is 0 Å². The number of rotatable bonds is 4. The van der Waals surface area contributed by atoms with Gasteiger partial charge in [-0.15, -0.1) is 0 Å². The average Bonchev–Trinajstić information content (AvgIpc) is 2.12. The van der Waals surface area contributed by atoms with Crippen molar-refractivity contribution in [2.45, 2.75) is 6.10 Å². The second-order valence-corrected chi connectivity index (χ2v) is 2.88. The van der Waals surface area contributed by atoms with Gasteiger partial charge in [0.2, 0.25) is 0 Å². The van der Waals surface area contributed by atoms with Gasteiger partial charge in [0.25, 0.3) is 0 Å². The Hall–Kier alpha value is -1.20. The molecule has 0 aliphatic heterocycles. The van der Waals surface area contributed by atoms with E-state index in [9.17, 15) is 8.78 Å². The van der Waals surface area contributed by atoms with Crippen molar-refractivity contribution in [3.05, 3.63) is 29.8 Å². The first-order chi connectivity index (χ1) is 6.61. The molecule has 0 heterocycles. The van der Waals surface area contributed by atoms with E-state index in [-0.39, 0.29) is 12.2 Å². The second kappa shape index (κ2) is 4.88. The lowest BCUT2D eigenvalue weighted by Gasteiger charge is -2.10. The predicted octanol–water partition coefficient (Wildman–Crippen LogP) is 0.730. The number of benzene rings is 1. The Morgan fingerprint density at radius 3 is 2.29 bits per heavy atom. The van der Waals surface area contributed by atoms with Gasteiger partial charge in [-0.2, -0.15) is 0 Å². The van der Waals surface area contributed by atoms with Crippen LogP contribution in [0.1, 0.15) is 0 Å². The van der Waals surface area contributed by atoms with Gasteiger partial charge < -0.3 is 15.5 Å². The first kappa shape index (κ1) is 10.9. The highest BCUT2D eigenvalue weighted by Gasteiger charge is 2.03. The minimum absolute atomic E-state index is 0.0411. The van der Waals surface area contributed by atoms with E-state index in [1.54, 1.807) is 0 Å². The molecule has 0 amide bonds. The minimum Gasteiger partial charge on any atom is -0.394 e. The van der Waals surface area contributed by atoms with Crippen molar-refractivity contribution in [2.24, 2.45) is 0 Å². The molecule has 0 fully saturated rings. The van der Waals surface area contributed by atoms with Gasteiger partial charge in [-0.3, -0.25) is 0 Å². The molecular formula is C9H11F2NO2. The van der Waals surface area contributed by atoms with Crippen LogP contribution in [0.3, 0.4) is 0 Å².